The number of aryl methyl sites for hydroxylation is 1. The Morgan fingerprint density at radius 2 is 1.78 bits per heavy atom. The normalized spacial score (nSPS) is 10.6. The van der Waals surface area contributed by atoms with Crippen LogP contribution in [0.1, 0.15) is 19.4 Å². The van der Waals surface area contributed by atoms with E-state index in [0.29, 0.717) is 11.8 Å². The lowest BCUT2D eigenvalue weighted by Gasteiger charge is -2.15. The van der Waals surface area contributed by atoms with Crippen molar-refractivity contribution in [1.29, 1.82) is 0 Å². The number of anilines is 4. The largest absolute Gasteiger partial charge is 0.495 e. The summed E-state index contributed by atoms with van der Waals surface area (Å²) < 4.78 is 11.2. The molecule has 0 aliphatic rings. The number of aromatic nitrogens is 3. The van der Waals surface area contributed by atoms with Crippen molar-refractivity contribution < 1.29 is 9.47 Å². The first-order valence-electron chi connectivity index (χ1n) is 8.69. The monoisotopic (exact) mass is 365 g/mol. The Kier molecular flexibility index (Phi) is 5.71. The van der Waals surface area contributed by atoms with Gasteiger partial charge in [0.25, 0.3) is 0 Å². The van der Waals surface area contributed by atoms with Crippen LogP contribution >= 0.6 is 0 Å². The van der Waals surface area contributed by atoms with Gasteiger partial charge in [-0.25, -0.2) is 0 Å². The summed E-state index contributed by atoms with van der Waals surface area (Å²) in [6, 6.07) is 13.5. The molecular formula is C20H23N5O2. The van der Waals surface area contributed by atoms with E-state index in [1.54, 1.807) is 13.3 Å². The van der Waals surface area contributed by atoms with Crippen LogP contribution in [0.25, 0.3) is 0 Å². The number of ether oxygens (including phenoxy) is 2. The molecule has 1 aromatic heterocycles. The molecule has 27 heavy (non-hydrogen) atoms. The molecule has 0 fully saturated rings. The molecule has 1 heterocycles. The molecule has 0 aliphatic heterocycles. The van der Waals surface area contributed by atoms with E-state index in [-0.39, 0.29) is 6.10 Å². The number of para-hydroxylation sites is 2. The lowest BCUT2D eigenvalue weighted by Crippen LogP contribution is -2.08. The van der Waals surface area contributed by atoms with Crippen molar-refractivity contribution in [3.8, 4) is 11.5 Å². The molecule has 7 heteroatoms. The van der Waals surface area contributed by atoms with E-state index in [0.717, 1.165) is 28.4 Å². The van der Waals surface area contributed by atoms with Gasteiger partial charge in [0.2, 0.25) is 5.95 Å². The lowest BCUT2D eigenvalue weighted by atomic mass is 10.2. The highest BCUT2D eigenvalue weighted by Gasteiger charge is 2.09. The van der Waals surface area contributed by atoms with E-state index >= 15 is 0 Å². The van der Waals surface area contributed by atoms with Crippen molar-refractivity contribution in [2.24, 2.45) is 0 Å². The van der Waals surface area contributed by atoms with E-state index in [9.17, 15) is 0 Å². The Morgan fingerprint density at radius 3 is 2.56 bits per heavy atom. The highest BCUT2D eigenvalue weighted by Crippen LogP contribution is 2.29. The van der Waals surface area contributed by atoms with Crippen molar-refractivity contribution >= 4 is 23.1 Å². The standard InChI is InChI=1S/C20H23N5O2/c1-13(2)27-18-8-6-5-7-15(18)23-20-24-19(12-21-25-20)22-16-11-14(3)9-10-17(16)26-4/h5-13H,1-4H3,(H2,22,23,24,25). The Morgan fingerprint density at radius 1 is 0.963 bits per heavy atom. The lowest BCUT2D eigenvalue weighted by molar-refractivity contribution is 0.244. The zero-order chi connectivity index (χ0) is 19.2. The maximum absolute atomic E-state index is 5.82. The summed E-state index contributed by atoms with van der Waals surface area (Å²) >= 11 is 0. The summed E-state index contributed by atoms with van der Waals surface area (Å²) in [5.74, 6) is 2.38. The molecule has 0 saturated heterocycles. The van der Waals surface area contributed by atoms with Crippen LogP contribution in [0.3, 0.4) is 0 Å². The SMILES string of the molecule is COc1ccc(C)cc1Nc1cnnc(Nc2ccccc2OC(C)C)n1. The van der Waals surface area contributed by atoms with E-state index < -0.39 is 0 Å². The minimum Gasteiger partial charge on any atom is -0.495 e. The molecule has 0 spiro atoms. The first-order chi connectivity index (χ1) is 13.0. The summed E-state index contributed by atoms with van der Waals surface area (Å²) in [5.41, 5.74) is 2.70. The van der Waals surface area contributed by atoms with Crippen LogP contribution in [-0.2, 0) is 0 Å². The summed E-state index contributed by atoms with van der Waals surface area (Å²) in [5, 5.41) is 14.5. The minimum absolute atomic E-state index is 0.0637. The fourth-order valence-electron chi connectivity index (χ4n) is 2.52. The fraction of sp³-hybridized carbons (Fsp3) is 0.250. The average molecular weight is 365 g/mol. The van der Waals surface area contributed by atoms with Crippen LogP contribution in [0.5, 0.6) is 11.5 Å². The molecule has 0 bridgehead atoms. The molecule has 7 nitrogen and oxygen atoms in total. The number of methoxy groups -OCH3 is 1. The van der Waals surface area contributed by atoms with Crippen molar-refractivity contribution in [3.63, 3.8) is 0 Å². The minimum atomic E-state index is 0.0637. The van der Waals surface area contributed by atoms with Gasteiger partial charge in [-0.3, -0.25) is 0 Å². The molecule has 0 amide bonds. The summed E-state index contributed by atoms with van der Waals surface area (Å²) in [7, 11) is 1.63. The smallest absolute Gasteiger partial charge is 0.249 e. The van der Waals surface area contributed by atoms with Gasteiger partial charge in [0.05, 0.1) is 30.8 Å². The predicted molar refractivity (Wildman–Crippen MR) is 106 cm³/mol. The molecular weight excluding hydrogens is 342 g/mol. The van der Waals surface area contributed by atoms with Gasteiger partial charge in [-0.1, -0.05) is 18.2 Å². The van der Waals surface area contributed by atoms with E-state index in [1.807, 2.05) is 63.2 Å². The summed E-state index contributed by atoms with van der Waals surface area (Å²) in [4.78, 5) is 4.48. The second-order valence-corrected chi connectivity index (χ2v) is 6.28. The van der Waals surface area contributed by atoms with Crippen LogP contribution in [0, 0.1) is 6.92 Å². The summed E-state index contributed by atoms with van der Waals surface area (Å²) in [6.07, 6.45) is 1.62. The van der Waals surface area contributed by atoms with Crippen LogP contribution in [-0.4, -0.2) is 28.4 Å². The predicted octanol–water partition coefficient (Wildman–Crippen LogP) is 4.46. The summed E-state index contributed by atoms with van der Waals surface area (Å²) in [6.45, 7) is 5.98. The number of hydrogen-bond acceptors (Lipinski definition) is 7. The average Bonchev–Trinajstić information content (AvgIpc) is 2.63. The molecule has 0 saturated carbocycles. The van der Waals surface area contributed by atoms with Gasteiger partial charge >= 0.3 is 0 Å². The Hall–Kier alpha value is -3.35. The van der Waals surface area contributed by atoms with Crippen LogP contribution in [0.15, 0.2) is 48.7 Å². The zero-order valence-electron chi connectivity index (χ0n) is 15.9. The number of hydrogen-bond donors (Lipinski definition) is 2. The second kappa shape index (κ2) is 8.35. The first-order valence-corrected chi connectivity index (χ1v) is 8.69. The van der Waals surface area contributed by atoms with E-state index in [2.05, 4.69) is 25.8 Å². The van der Waals surface area contributed by atoms with Gasteiger partial charge in [0, 0.05) is 0 Å². The van der Waals surface area contributed by atoms with Crippen LogP contribution < -0.4 is 20.1 Å². The fourth-order valence-corrected chi connectivity index (χ4v) is 2.52. The van der Waals surface area contributed by atoms with Gasteiger partial charge in [-0.15, -0.1) is 5.10 Å². The van der Waals surface area contributed by atoms with Crippen molar-refractivity contribution in [3.05, 3.63) is 54.2 Å². The van der Waals surface area contributed by atoms with Crippen LogP contribution in [0.2, 0.25) is 0 Å². The topological polar surface area (TPSA) is 81.2 Å². The molecule has 3 aromatic rings. The third-order valence-electron chi connectivity index (χ3n) is 3.67. The molecule has 3 rings (SSSR count). The second-order valence-electron chi connectivity index (χ2n) is 6.28. The van der Waals surface area contributed by atoms with E-state index in [1.165, 1.54) is 0 Å². The van der Waals surface area contributed by atoms with Gasteiger partial charge in [-0.2, -0.15) is 10.1 Å². The van der Waals surface area contributed by atoms with Gasteiger partial charge in [0.1, 0.15) is 11.5 Å². The van der Waals surface area contributed by atoms with Gasteiger partial charge in [0.15, 0.2) is 5.82 Å². The molecule has 0 unspecified atom stereocenters. The molecule has 0 aliphatic carbocycles. The van der Waals surface area contributed by atoms with Crippen molar-refractivity contribution in [2.45, 2.75) is 26.9 Å². The number of nitrogens with zero attached hydrogens (tertiary/aromatic N) is 3. The van der Waals surface area contributed by atoms with E-state index in [4.69, 9.17) is 9.47 Å². The molecule has 140 valence electrons. The molecule has 0 atom stereocenters. The number of nitrogens with one attached hydrogen (secondary N) is 2. The highest BCUT2D eigenvalue weighted by molar-refractivity contribution is 5.66. The molecule has 2 aromatic carbocycles. The zero-order valence-corrected chi connectivity index (χ0v) is 15.9. The Labute approximate surface area is 158 Å². The molecule has 2 N–H and O–H groups in total. The maximum atomic E-state index is 5.82. The quantitative estimate of drug-likeness (QED) is 0.639. The maximum Gasteiger partial charge on any atom is 0.249 e. The Bertz CT molecular complexity index is 914. The molecule has 0 radical (unpaired) electrons. The highest BCUT2D eigenvalue weighted by atomic mass is 16.5. The van der Waals surface area contributed by atoms with Crippen LogP contribution in [0.4, 0.5) is 23.1 Å². The number of rotatable bonds is 7. The Balaban J connectivity index is 1.82. The van der Waals surface area contributed by atoms with Crippen molar-refractivity contribution in [2.75, 3.05) is 17.7 Å². The third kappa shape index (κ3) is 4.84. The number of benzene rings is 2. The van der Waals surface area contributed by atoms with Gasteiger partial charge < -0.3 is 20.1 Å². The third-order valence-corrected chi connectivity index (χ3v) is 3.67. The van der Waals surface area contributed by atoms with Crippen molar-refractivity contribution in [1.82, 2.24) is 15.2 Å². The first kappa shape index (κ1) is 18.4. The van der Waals surface area contributed by atoms with Gasteiger partial charge in [-0.05, 0) is 50.6 Å².